The first-order valence-corrected chi connectivity index (χ1v) is 4.96. The van der Waals surface area contributed by atoms with E-state index in [1.165, 1.54) is 11.1 Å². The molecule has 0 radical (unpaired) electrons. The Bertz CT molecular complexity index is 415. The van der Waals surface area contributed by atoms with E-state index >= 15 is 0 Å². The average molecular weight is 188 g/mol. The van der Waals surface area contributed by atoms with Gasteiger partial charge in [-0.15, -0.1) is 0 Å². The predicted molar refractivity (Wildman–Crippen MR) is 59.7 cm³/mol. The lowest BCUT2D eigenvalue weighted by Gasteiger charge is -2.08. The summed E-state index contributed by atoms with van der Waals surface area (Å²) in [5.74, 6) is 0. The summed E-state index contributed by atoms with van der Waals surface area (Å²) in [6, 6.07) is 8.53. The van der Waals surface area contributed by atoms with Crippen molar-refractivity contribution in [2.75, 3.05) is 20.6 Å². The second-order valence-corrected chi connectivity index (χ2v) is 3.89. The minimum Gasteiger partial charge on any atom is -0.324 e. The van der Waals surface area contributed by atoms with E-state index in [2.05, 4.69) is 60.1 Å². The minimum atomic E-state index is 1.11. The number of nitrogens with zero attached hydrogens (tertiary/aromatic N) is 2. The number of rotatable bonds is 3. The Balaban J connectivity index is 2.25. The molecule has 0 aromatic carbocycles. The van der Waals surface area contributed by atoms with Gasteiger partial charge in [-0.25, -0.2) is 0 Å². The summed E-state index contributed by atoms with van der Waals surface area (Å²) >= 11 is 0. The van der Waals surface area contributed by atoms with Crippen molar-refractivity contribution in [3.63, 3.8) is 0 Å². The van der Waals surface area contributed by atoms with Gasteiger partial charge in [0, 0.05) is 24.5 Å². The van der Waals surface area contributed by atoms with Crippen molar-refractivity contribution in [1.29, 1.82) is 0 Å². The van der Waals surface area contributed by atoms with Gasteiger partial charge in [0.2, 0.25) is 0 Å². The zero-order chi connectivity index (χ0) is 9.97. The van der Waals surface area contributed by atoms with Crippen LogP contribution >= 0.6 is 0 Å². The van der Waals surface area contributed by atoms with Gasteiger partial charge >= 0.3 is 0 Å². The fraction of sp³-hybridized carbons (Fsp3) is 0.333. The van der Waals surface area contributed by atoms with Crippen LogP contribution in [0.15, 0.2) is 36.7 Å². The van der Waals surface area contributed by atoms with Crippen LogP contribution < -0.4 is 0 Å². The van der Waals surface area contributed by atoms with Gasteiger partial charge in [-0.05, 0) is 44.3 Å². The smallest absolute Gasteiger partial charge is 0.0482 e. The van der Waals surface area contributed by atoms with Crippen molar-refractivity contribution in [3.8, 4) is 0 Å². The molecule has 2 heterocycles. The van der Waals surface area contributed by atoms with E-state index in [1.807, 2.05) is 0 Å². The molecule has 2 heteroatoms. The third-order valence-corrected chi connectivity index (χ3v) is 2.48. The molecule has 0 aliphatic rings. The topological polar surface area (TPSA) is 7.65 Å². The van der Waals surface area contributed by atoms with Gasteiger partial charge in [-0.2, -0.15) is 0 Å². The summed E-state index contributed by atoms with van der Waals surface area (Å²) in [5, 5.41) is 0. The molecule has 0 unspecified atom stereocenters. The SMILES string of the molecule is CN(C)CCc1ccn2ccccc12. The second-order valence-electron chi connectivity index (χ2n) is 3.89. The van der Waals surface area contributed by atoms with Crippen LogP contribution in [0.3, 0.4) is 0 Å². The number of likely N-dealkylation sites (N-methyl/N-ethyl adjacent to an activating group) is 1. The van der Waals surface area contributed by atoms with Crippen LogP contribution in [0.4, 0.5) is 0 Å². The molecule has 2 rings (SSSR count). The molecule has 0 amide bonds. The van der Waals surface area contributed by atoms with Crippen molar-refractivity contribution in [1.82, 2.24) is 9.30 Å². The molecule has 0 fully saturated rings. The lowest BCUT2D eigenvalue weighted by atomic mass is 10.2. The maximum Gasteiger partial charge on any atom is 0.0482 e. The highest BCUT2D eigenvalue weighted by atomic mass is 15.0. The number of aromatic nitrogens is 1. The van der Waals surface area contributed by atoms with Crippen LogP contribution in [0.1, 0.15) is 5.56 Å². The van der Waals surface area contributed by atoms with Crippen LogP contribution in [0.2, 0.25) is 0 Å². The molecule has 0 bridgehead atoms. The summed E-state index contributed by atoms with van der Waals surface area (Å²) in [5.41, 5.74) is 2.76. The Kier molecular flexibility index (Phi) is 2.55. The molecule has 74 valence electrons. The van der Waals surface area contributed by atoms with Crippen molar-refractivity contribution in [2.24, 2.45) is 0 Å². The summed E-state index contributed by atoms with van der Waals surface area (Å²) in [7, 11) is 4.22. The lowest BCUT2D eigenvalue weighted by Crippen LogP contribution is -2.14. The first-order chi connectivity index (χ1) is 6.77. The van der Waals surface area contributed by atoms with E-state index in [0.29, 0.717) is 0 Å². The first kappa shape index (κ1) is 9.28. The molecule has 0 N–H and O–H groups in total. The molecular weight excluding hydrogens is 172 g/mol. The van der Waals surface area contributed by atoms with Crippen molar-refractivity contribution >= 4 is 5.52 Å². The van der Waals surface area contributed by atoms with E-state index in [9.17, 15) is 0 Å². The number of hydrogen-bond donors (Lipinski definition) is 0. The zero-order valence-electron chi connectivity index (χ0n) is 8.77. The first-order valence-electron chi connectivity index (χ1n) is 4.96. The van der Waals surface area contributed by atoms with E-state index in [1.54, 1.807) is 0 Å². The van der Waals surface area contributed by atoms with Gasteiger partial charge in [0.15, 0.2) is 0 Å². The molecule has 2 aromatic rings. The van der Waals surface area contributed by atoms with Crippen LogP contribution in [0.5, 0.6) is 0 Å². The quantitative estimate of drug-likeness (QED) is 0.715. The monoisotopic (exact) mass is 188 g/mol. The maximum absolute atomic E-state index is 2.21. The van der Waals surface area contributed by atoms with Crippen molar-refractivity contribution < 1.29 is 0 Å². The van der Waals surface area contributed by atoms with Crippen LogP contribution in [0, 0.1) is 0 Å². The highest BCUT2D eigenvalue weighted by Crippen LogP contribution is 2.12. The third kappa shape index (κ3) is 1.80. The molecule has 0 spiro atoms. The van der Waals surface area contributed by atoms with E-state index in [4.69, 9.17) is 0 Å². The molecular formula is C12H16N2. The molecule has 0 aliphatic carbocycles. The summed E-state index contributed by atoms with van der Waals surface area (Å²) in [6.07, 6.45) is 5.34. The number of fused-ring (bicyclic) bond motifs is 1. The van der Waals surface area contributed by atoms with Gasteiger partial charge in [-0.3, -0.25) is 0 Å². The van der Waals surface area contributed by atoms with E-state index in [0.717, 1.165) is 13.0 Å². The van der Waals surface area contributed by atoms with Crippen molar-refractivity contribution in [2.45, 2.75) is 6.42 Å². The molecule has 0 atom stereocenters. The number of pyridine rings is 1. The van der Waals surface area contributed by atoms with Gasteiger partial charge in [-0.1, -0.05) is 6.07 Å². The van der Waals surface area contributed by atoms with Crippen LogP contribution in [-0.4, -0.2) is 29.9 Å². The second kappa shape index (κ2) is 3.84. The Morgan fingerprint density at radius 3 is 2.79 bits per heavy atom. The standard InChI is InChI=1S/C12H16N2/c1-13(2)9-6-11-7-10-14-8-4-3-5-12(11)14/h3-5,7-8,10H,6,9H2,1-2H3. The molecule has 0 aliphatic heterocycles. The molecule has 0 saturated carbocycles. The fourth-order valence-corrected chi connectivity index (χ4v) is 1.67. The Labute approximate surface area is 84.8 Å². The molecule has 14 heavy (non-hydrogen) atoms. The Morgan fingerprint density at radius 1 is 1.14 bits per heavy atom. The lowest BCUT2D eigenvalue weighted by molar-refractivity contribution is 0.414. The largest absolute Gasteiger partial charge is 0.324 e. The highest BCUT2D eigenvalue weighted by Gasteiger charge is 2.01. The number of hydrogen-bond acceptors (Lipinski definition) is 1. The summed E-state index contributed by atoms with van der Waals surface area (Å²) < 4.78 is 2.17. The zero-order valence-corrected chi connectivity index (χ0v) is 8.77. The molecule has 2 nitrogen and oxygen atoms in total. The van der Waals surface area contributed by atoms with Gasteiger partial charge in [0.25, 0.3) is 0 Å². The van der Waals surface area contributed by atoms with Gasteiger partial charge in [0.1, 0.15) is 0 Å². The third-order valence-electron chi connectivity index (χ3n) is 2.48. The normalized spacial score (nSPS) is 11.4. The summed E-state index contributed by atoms with van der Waals surface area (Å²) in [4.78, 5) is 2.21. The highest BCUT2D eigenvalue weighted by molar-refractivity contribution is 5.55. The summed E-state index contributed by atoms with van der Waals surface area (Å²) in [6.45, 7) is 1.11. The van der Waals surface area contributed by atoms with Crippen LogP contribution in [-0.2, 0) is 6.42 Å². The molecule has 0 saturated heterocycles. The van der Waals surface area contributed by atoms with E-state index in [-0.39, 0.29) is 0 Å². The molecule has 2 aromatic heterocycles. The average Bonchev–Trinajstić information content (AvgIpc) is 2.58. The van der Waals surface area contributed by atoms with Gasteiger partial charge < -0.3 is 9.30 Å². The van der Waals surface area contributed by atoms with Crippen molar-refractivity contribution in [3.05, 3.63) is 42.2 Å². The fourth-order valence-electron chi connectivity index (χ4n) is 1.67. The maximum atomic E-state index is 2.21. The van der Waals surface area contributed by atoms with Gasteiger partial charge in [0.05, 0.1) is 0 Å². The minimum absolute atomic E-state index is 1.11. The predicted octanol–water partition coefficient (Wildman–Crippen LogP) is 2.04. The Morgan fingerprint density at radius 2 is 2.00 bits per heavy atom. The van der Waals surface area contributed by atoms with Crippen LogP contribution in [0.25, 0.3) is 5.52 Å². The Hall–Kier alpha value is -1.28. The van der Waals surface area contributed by atoms with E-state index < -0.39 is 0 Å².